The molecule has 1 aliphatic rings. The molecule has 88 valence electrons. The zero-order valence-corrected chi connectivity index (χ0v) is 11.0. The summed E-state index contributed by atoms with van der Waals surface area (Å²) in [5, 5.41) is 9.22. The van der Waals surface area contributed by atoms with Gasteiger partial charge in [0.2, 0.25) is 5.91 Å². The minimum atomic E-state index is -0.121. The van der Waals surface area contributed by atoms with E-state index in [-0.39, 0.29) is 23.4 Å². The second-order valence-corrected chi connectivity index (χ2v) is 5.50. The molecule has 15 heavy (non-hydrogen) atoms. The van der Waals surface area contributed by atoms with Crippen LogP contribution in [-0.4, -0.2) is 39.9 Å². The van der Waals surface area contributed by atoms with Gasteiger partial charge in [-0.2, -0.15) is 0 Å². The molecule has 1 saturated heterocycles. The topological polar surface area (TPSA) is 40.5 Å². The van der Waals surface area contributed by atoms with Crippen molar-refractivity contribution < 1.29 is 9.90 Å². The molecule has 0 aromatic rings. The molecule has 3 nitrogen and oxygen atoms in total. The Morgan fingerprint density at radius 3 is 2.73 bits per heavy atom. The van der Waals surface area contributed by atoms with Gasteiger partial charge >= 0.3 is 0 Å². The molecule has 0 saturated carbocycles. The summed E-state index contributed by atoms with van der Waals surface area (Å²) in [6.07, 6.45) is 3.10. The summed E-state index contributed by atoms with van der Waals surface area (Å²) < 4.78 is 0. The van der Waals surface area contributed by atoms with Gasteiger partial charge < -0.3 is 10.0 Å². The van der Waals surface area contributed by atoms with E-state index in [1.807, 2.05) is 18.7 Å². The van der Waals surface area contributed by atoms with Gasteiger partial charge in [-0.05, 0) is 25.2 Å². The zero-order valence-electron chi connectivity index (χ0n) is 9.45. The monoisotopic (exact) mass is 277 g/mol. The Hall–Kier alpha value is -0.0900. The van der Waals surface area contributed by atoms with Crippen molar-refractivity contribution in [3.05, 3.63) is 0 Å². The molecule has 1 aliphatic heterocycles. The molecule has 1 amide bonds. The third kappa shape index (κ3) is 3.18. The van der Waals surface area contributed by atoms with Gasteiger partial charge in [-0.15, -0.1) is 0 Å². The second-order valence-electron chi connectivity index (χ2n) is 4.51. The molecule has 1 N–H and O–H groups in total. The van der Waals surface area contributed by atoms with Crippen molar-refractivity contribution in [2.45, 2.75) is 44.0 Å². The normalized spacial score (nSPS) is 24.3. The van der Waals surface area contributed by atoms with Crippen molar-refractivity contribution in [2.24, 2.45) is 5.92 Å². The van der Waals surface area contributed by atoms with Crippen molar-refractivity contribution in [3.8, 4) is 0 Å². The fourth-order valence-electron chi connectivity index (χ4n) is 1.92. The van der Waals surface area contributed by atoms with Gasteiger partial charge in [0.15, 0.2) is 0 Å². The van der Waals surface area contributed by atoms with Crippen molar-refractivity contribution in [2.75, 3.05) is 13.2 Å². The third-order valence-electron chi connectivity index (χ3n) is 2.94. The van der Waals surface area contributed by atoms with Gasteiger partial charge in [0.1, 0.15) is 0 Å². The lowest BCUT2D eigenvalue weighted by Crippen LogP contribution is -2.49. The minimum absolute atomic E-state index is 0.0325. The smallest absolute Gasteiger partial charge is 0.236 e. The second kappa shape index (κ2) is 5.85. The number of hydrogen-bond acceptors (Lipinski definition) is 2. The first-order valence-corrected chi connectivity index (χ1v) is 6.55. The van der Waals surface area contributed by atoms with E-state index >= 15 is 0 Å². The van der Waals surface area contributed by atoms with E-state index in [4.69, 9.17) is 0 Å². The minimum Gasteiger partial charge on any atom is -0.394 e. The van der Waals surface area contributed by atoms with E-state index in [9.17, 15) is 9.90 Å². The number of nitrogens with zero attached hydrogens (tertiary/aromatic N) is 1. The standard InChI is InChI=1S/C11H20BrNO2/c1-8(2)10(12)11(15)13-6-4-3-5-9(13)7-14/h8-10,14H,3-7H2,1-2H3. The Bertz CT molecular complexity index is 221. The maximum atomic E-state index is 12.1. The van der Waals surface area contributed by atoms with Crippen LogP contribution in [0.25, 0.3) is 0 Å². The van der Waals surface area contributed by atoms with E-state index < -0.39 is 0 Å². The summed E-state index contributed by atoms with van der Waals surface area (Å²) in [5.41, 5.74) is 0. The number of likely N-dealkylation sites (tertiary alicyclic amines) is 1. The van der Waals surface area contributed by atoms with Gasteiger partial charge in [0.25, 0.3) is 0 Å². The van der Waals surface area contributed by atoms with Crippen LogP contribution in [0.4, 0.5) is 0 Å². The highest BCUT2D eigenvalue weighted by Gasteiger charge is 2.31. The Labute approximate surface area is 100.0 Å². The van der Waals surface area contributed by atoms with Crippen molar-refractivity contribution in [1.29, 1.82) is 0 Å². The maximum Gasteiger partial charge on any atom is 0.236 e. The number of alkyl halides is 1. The zero-order chi connectivity index (χ0) is 11.4. The van der Waals surface area contributed by atoms with Crippen molar-refractivity contribution in [3.63, 3.8) is 0 Å². The van der Waals surface area contributed by atoms with Crippen LogP contribution in [0.15, 0.2) is 0 Å². The van der Waals surface area contributed by atoms with E-state index in [1.54, 1.807) is 0 Å². The highest BCUT2D eigenvalue weighted by atomic mass is 79.9. The molecule has 0 spiro atoms. The van der Waals surface area contributed by atoms with Crippen LogP contribution < -0.4 is 0 Å². The molecule has 1 fully saturated rings. The Balaban J connectivity index is 2.63. The third-order valence-corrected chi connectivity index (χ3v) is 4.39. The molecule has 0 aromatic heterocycles. The van der Waals surface area contributed by atoms with Gasteiger partial charge in [0.05, 0.1) is 17.5 Å². The lowest BCUT2D eigenvalue weighted by molar-refractivity contribution is -0.135. The Morgan fingerprint density at radius 2 is 2.20 bits per heavy atom. The van der Waals surface area contributed by atoms with E-state index in [2.05, 4.69) is 15.9 Å². The Kier molecular flexibility index (Phi) is 5.06. The summed E-state index contributed by atoms with van der Waals surface area (Å²) in [4.78, 5) is 13.8. The predicted octanol–water partition coefficient (Wildman–Crippen LogP) is 1.78. The van der Waals surface area contributed by atoms with Crippen LogP contribution in [0.3, 0.4) is 0 Å². The molecule has 1 heterocycles. The first-order chi connectivity index (χ1) is 7.07. The number of rotatable bonds is 3. The maximum absolute atomic E-state index is 12.1. The van der Waals surface area contributed by atoms with Crippen molar-refractivity contribution >= 4 is 21.8 Å². The van der Waals surface area contributed by atoms with Gasteiger partial charge in [-0.3, -0.25) is 4.79 Å². The van der Waals surface area contributed by atoms with Gasteiger partial charge in [0, 0.05) is 6.54 Å². The Morgan fingerprint density at radius 1 is 1.53 bits per heavy atom. The first-order valence-electron chi connectivity index (χ1n) is 5.63. The fourth-order valence-corrected chi connectivity index (χ4v) is 2.19. The molecule has 2 atom stereocenters. The SMILES string of the molecule is CC(C)C(Br)C(=O)N1CCCCC1CO. The van der Waals surface area contributed by atoms with Crippen LogP contribution in [0.2, 0.25) is 0 Å². The molecule has 0 aliphatic carbocycles. The number of aliphatic hydroxyl groups is 1. The number of carbonyl (C=O) groups is 1. The first kappa shape index (κ1) is 13.0. The summed E-state index contributed by atoms with van der Waals surface area (Å²) in [6, 6.07) is 0.0325. The van der Waals surface area contributed by atoms with Crippen LogP contribution >= 0.6 is 15.9 Å². The predicted molar refractivity (Wildman–Crippen MR) is 64.0 cm³/mol. The number of aliphatic hydroxyl groups excluding tert-OH is 1. The summed E-state index contributed by atoms with van der Waals surface area (Å²) in [6.45, 7) is 4.92. The number of halogens is 1. The van der Waals surface area contributed by atoms with E-state index in [0.29, 0.717) is 5.92 Å². The largest absolute Gasteiger partial charge is 0.394 e. The van der Waals surface area contributed by atoms with Crippen LogP contribution in [-0.2, 0) is 4.79 Å². The van der Waals surface area contributed by atoms with Gasteiger partial charge in [-0.25, -0.2) is 0 Å². The average molecular weight is 278 g/mol. The summed E-state index contributed by atoms with van der Waals surface area (Å²) >= 11 is 3.43. The molecule has 1 rings (SSSR count). The van der Waals surface area contributed by atoms with Crippen LogP contribution in [0.5, 0.6) is 0 Å². The molecule has 0 bridgehead atoms. The fraction of sp³-hybridized carbons (Fsp3) is 0.909. The average Bonchev–Trinajstić information content (AvgIpc) is 2.26. The molecule has 0 aromatic carbocycles. The highest BCUT2D eigenvalue weighted by Crippen LogP contribution is 2.22. The quantitative estimate of drug-likeness (QED) is 0.799. The molecule has 0 radical (unpaired) electrons. The van der Waals surface area contributed by atoms with Crippen molar-refractivity contribution in [1.82, 2.24) is 4.90 Å². The molecule has 4 heteroatoms. The summed E-state index contributed by atoms with van der Waals surface area (Å²) in [5.74, 6) is 0.419. The lowest BCUT2D eigenvalue weighted by atomic mass is 10.0. The van der Waals surface area contributed by atoms with Crippen LogP contribution in [0.1, 0.15) is 33.1 Å². The number of piperidine rings is 1. The highest BCUT2D eigenvalue weighted by molar-refractivity contribution is 9.10. The molecular weight excluding hydrogens is 258 g/mol. The number of carbonyl (C=O) groups excluding carboxylic acids is 1. The van der Waals surface area contributed by atoms with Crippen LogP contribution in [0, 0.1) is 5.92 Å². The lowest BCUT2D eigenvalue weighted by Gasteiger charge is -2.36. The molecular formula is C11H20BrNO2. The summed E-state index contributed by atoms with van der Waals surface area (Å²) in [7, 11) is 0. The number of amides is 1. The van der Waals surface area contributed by atoms with Gasteiger partial charge in [-0.1, -0.05) is 29.8 Å². The number of hydrogen-bond donors (Lipinski definition) is 1. The van der Waals surface area contributed by atoms with E-state index in [1.165, 1.54) is 0 Å². The molecule has 2 unspecified atom stereocenters. The van der Waals surface area contributed by atoms with E-state index in [0.717, 1.165) is 25.8 Å².